The number of nitrogen functional groups attached to an aromatic ring is 1. The SMILES string of the molecule is Nc1ccnc2c(C3COC3)[nH]nc12. The van der Waals surface area contributed by atoms with E-state index in [-0.39, 0.29) is 0 Å². The number of rotatable bonds is 1. The van der Waals surface area contributed by atoms with Gasteiger partial charge in [-0.3, -0.25) is 10.1 Å². The number of nitrogens with one attached hydrogen (secondary N) is 1. The van der Waals surface area contributed by atoms with E-state index in [1.807, 2.05) is 0 Å². The van der Waals surface area contributed by atoms with Crippen molar-refractivity contribution in [2.45, 2.75) is 5.92 Å². The van der Waals surface area contributed by atoms with Gasteiger partial charge in [-0.05, 0) is 6.07 Å². The number of pyridine rings is 1. The zero-order valence-corrected chi connectivity index (χ0v) is 7.53. The fourth-order valence-electron chi connectivity index (χ4n) is 1.64. The Morgan fingerprint density at radius 1 is 1.43 bits per heavy atom. The Morgan fingerprint density at radius 2 is 2.29 bits per heavy atom. The first-order valence-corrected chi connectivity index (χ1v) is 4.52. The van der Waals surface area contributed by atoms with Crippen LogP contribution in [0.25, 0.3) is 11.0 Å². The van der Waals surface area contributed by atoms with Gasteiger partial charge in [0.05, 0.1) is 24.6 Å². The molecule has 0 aromatic carbocycles. The van der Waals surface area contributed by atoms with E-state index in [1.54, 1.807) is 12.3 Å². The van der Waals surface area contributed by atoms with Crippen LogP contribution in [0.3, 0.4) is 0 Å². The molecule has 5 nitrogen and oxygen atoms in total. The first kappa shape index (κ1) is 7.75. The van der Waals surface area contributed by atoms with Gasteiger partial charge in [0.2, 0.25) is 0 Å². The van der Waals surface area contributed by atoms with Gasteiger partial charge in [0, 0.05) is 12.1 Å². The third-order valence-electron chi connectivity index (χ3n) is 2.55. The lowest BCUT2D eigenvalue weighted by atomic mass is 10.0. The van der Waals surface area contributed by atoms with E-state index in [0.717, 1.165) is 29.9 Å². The molecule has 2 aromatic heterocycles. The van der Waals surface area contributed by atoms with Gasteiger partial charge in [-0.25, -0.2) is 0 Å². The summed E-state index contributed by atoms with van der Waals surface area (Å²) in [6.07, 6.45) is 1.70. The summed E-state index contributed by atoms with van der Waals surface area (Å²) in [5.74, 6) is 0.397. The van der Waals surface area contributed by atoms with Crippen LogP contribution in [0.1, 0.15) is 11.6 Å². The summed E-state index contributed by atoms with van der Waals surface area (Å²) in [4.78, 5) is 4.28. The normalized spacial score (nSPS) is 17.1. The molecule has 0 aliphatic carbocycles. The van der Waals surface area contributed by atoms with Crippen LogP contribution in [-0.2, 0) is 4.74 Å². The molecule has 1 fully saturated rings. The maximum Gasteiger partial charge on any atom is 0.134 e. The van der Waals surface area contributed by atoms with Crippen molar-refractivity contribution < 1.29 is 4.74 Å². The highest BCUT2D eigenvalue weighted by Gasteiger charge is 2.25. The maximum absolute atomic E-state index is 5.78. The molecule has 0 spiro atoms. The van der Waals surface area contributed by atoms with Crippen molar-refractivity contribution in [2.75, 3.05) is 18.9 Å². The molecule has 0 radical (unpaired) electrons. The Balaban J connectivity index is 2.20. The lowest BCUT2D eigenvalue weighted by Gasteiger charge is -2.24. The quantitative estimate of drug-likeness (QED) is 0.692. The zero-order valence-electron chi connectivity index (χ0n) is 7.53. The first-order chi connectivity index (χ1) is 6.86. The molecule has 3 rings (SSSR count). The zero-order chi connectivity index (χ0) is 9.54. The van der Waals surface area contributed by atoms with Gasteiger partial charge in [-0.1, -0.05) is 0 Å². The van der Waals surface area contributed by atoms with Crippen molar-refractivity contribution in [2.24, 2.45) is 0 Å². The van der Waals surface area contributed by atoms with Crippen LogP contribution in [0.4, 0.5) is 5.69 Å². The second-order valence-corrected chi connectivity index (χ2v) is 3.47. The predicted molar refractivity (Wildman–Crippen MR) is 51.9 cm³/mol. The van der Waals surface area contributed by atoms with Crippen LogP contribution in [-0.4, -0.2) is 28.4 Å². The first-order valence-electron chi connectivity index (χ1n) is 4.52. The summed E-state index contributed by atoms with van der Waals surface area (Å²) in [6.45, 7) is 1.49. The minimum atomic E-state index is 0.397. The standard InChI is InChI=1S/C9H10N4O/c10-6-1-2-11-9-7(5-3-14-4-5)12-13-8(6)9/h1-2,5H,3-4H2,(H2,10,11)(H,12,13). The van der Waals surface area contributed by atoms with Gasteiger partial charge in [0.25, 0.3) is 0 Å². The van der Waals surface area contributed by atoms with Crippen LogP contribution >= 0.6 is 0 Å². The van der Waals surface area contributed by atoms with Crippen LogP contribution in [0.5, 0.6) is 0 Å². The van der Waals surface area contributed by atoms with Crippen molar-refractivity contribution in [3.63, 3.8) is 0 Å². The summed E-state index contributed by atoms with van der Waals surface area (Å²) in [6, 6.07) is 1.75. The fourth-order valence-corrected chi connectivity index (χ4v) is 1.64. The molecule has 72 valence electrons. The van der Waals surface area contributed by atoms with Crippen molar-refractivity contribution in [1.29, 1.82) is 0 Å². The molecule has 2 aromatic rings. The Hall–Kier alpha value is -1.62. The number of nitrogens with two attached hydrogens (primary N) is 1. The third kappa shape index (κ3) is 0.927. The maximum atomic E-state index is 5.78. The van der Waals surface area contributed by atoms with E-state index < -0.39 is 0 Å². The number of aromatic nitrogens is 3. The van der Waals surface area contributed by atoms with Crippen LogP contribution in [0.15, 0.2) is 12.3 Å². The second kappa shape index (κ2) is 2.68. The number of hydrogen-bond acceptors (Lipinski definition) is 4. The molecular weight excluding hydrogens is 180 g/mol. The average Bonchev–Trinajstić information content (AvgIpc) is 2.48. The van der Waals surface area contributed by atoms with Gasteiger partial charge < -0.3 is 10.5 Å². The van der Waals surface area contributed by atoms with Crippen LogP contribution in [0, 0.1) is 0 Å². The average molecular weight is 190 g/mol. The molecule has 0 amide bonds. The summed E-state index contributed by atoms with van der Waals surface area (Å²) in [5, 5.41) is 7.14. The van der Waals surface area contributed by atoms with Crippen molar-refractivity contribution >= 4 is 16.7 Å². The Kier molecular flexibility index (Phi) is 1.49. The Labute approximate surface area is 80.3 Å². The number of hydrogen-bond donors (Lipinski definition) is 2. The highest BCUT2D eigenvalue weighted by atomic mass is 16.5. The molecular formula is C9H10N4O. The van der Waals surface area contributed by atoms with Crippen LogP contribution in [0.2, 0.25) is 0 Å². The summed E-state index contributed by atoms with van der Waals surface area (Å²) in [7, 11) is 0. The van der Waals surface area contributed by atoms with E-state index in [4.69, 9.17) is 10.5 Å². The molecule has 0 saturated carbocycles. The third-order valence-corrected chi connectivity index (χ3v) is 2.55. The van der Waals surface area contributed by atoms with Gasteiger partial charge in [0.15, 0.2) is 0 Å². The summed E-state index contributed by atoms with van der Waals surface area (Å²) < 4.78 is 5.13. The highest BCUT2D eigenvalue weighted by Crippen LogP contribution is 2.28. The van der Waals surface area contributed by atoms with E-state index in [0.29, 0.717) is 11.6 Å². The van der Waals surface area contributed by atoms with E-state index in [2.05, 4.69) is 15.2 Å². The highest BCUT2D eigenvalue weighted by molar-refractivity contribution is 5.87. The fraction of sp³-hybridized carbons (Fsp3) is 0.333. The summed E-state index contributed by atoms with van der Waals surface area (Å²) in [5.41, 5.74) is 9.11. The largest absolute Gasteiger partial charge is 0.397 e. The predicted octanol–water partition coefficient (Wildman–Crippen LogP) is 0.654. The van der Waals surface area contributed by atoms with Gasteiger partial charge in [-0.2, -0.15) is 5.10 Å². The molecule has 1 aliphatic rings. The molecule has 0 bridgehead atoms. The van der Waals surface area contributed by atoms with E-state index in [9.17, 15) is 0 Å². The molecule has 0 atom stereocenters. The molecule has 3 N–H and O–H groups in total. The number of fused-ring (bicyclic) bond motifs is 1. The van der Waals surface area contributed by atoms with Gasteiger partial charge in [0.1, 0.15) is 11.0 Å². The van der Waals surface area contributed by atoms with E-state index >= 15 is 0 Å². The topological polar surface area (TPSA) is 76.8 Å². The minimum absolute atomic E-state index is 0.397. The molecule has 14 heavy (non-hydrogen) atoms. The molecule has 1 aliphatic heterocycles. The molecule has 5 heteroatoms. The second-order valence-electron chi connectivity index (χ2n) is 3.47. The smallest absolute Gasteiger partial charge is 0.134 e. The minimum Gasteiger partial charge on any atom is -0.397 e. The number of anilines is 1. The summed E-state index contributed by atoms with van der Waals surface area (Å²) >= 11 is 0. The van der Waals surface area contributed by atoms with Crippen LogP contribution < -0.4 is 5.73 Å². The lowest BCUT2D eigenvalue weighted by Crippen LogP contribution is -2.25. The number of nitrogens with zero attached hydrogens (tertiary/aromatic N) is 2. The number of H-pyrrole nitrogens is 1. The van der Waals surface area contributed by atoms with Crippen molar-refractivity contribution in [3.8, 4) is 0 Å². The molecule has 0 unspecified atom stereocenters. The molecule has 1 saturated heterocycles. The monoisotopic (exact) mass is 190 g/mol. The van der Waals surface area contributed by atoms with E-state index in [1.165, 1.54) is 0 Å². The lowest BCUT2D eigenvalue weighted by molar-refractivity contribution is 0.00718. The van der Waals surface area contributed by atoms with Gasteiger partial charge >= 0.3 is 0 Å². The van der Waals surface area contributed by atoms with Crippen molar-refractivity contribution in [1.82, 2.24) is 15.2 Å². The van der Waals surface area contributed by atoms with Gasteiger partial charge in [-0.15, -0.1) is 0 Å². The number of aromatic amines is 1. The molecule has 3 heterocycles. The Morgan fingerprint density at radius 3 is 3.00 bits per heavy atom. The Bertz CT molecular complexity index is 475. The van der Waals surface area contributed by atoms with Crippen molar-refractivity contribution in [3.05, 3.63) is 18.0 Å². The number of ether oxygens (including phenoxy) is 1.